The standard InChI is InChI=1S/C12H16N2O4S/c1-2-7-5-6-19-10(7)11(16)14-8(12(17)18)3-4-9(13)15/h5-6,8H,2-4H2,1H3,(H2,13,15)(H,14,16)(H,17,18)/t8-/m0/s1. The maximum Gasteiger partial charge on any atom is 0.326 e. The van der Waals surface area contributed by atoms with E-state index in [0.29, 0.717) is 11.3 Å². The first kappa shape index (κ1) is 15.2. The molecule has 7 heteroatoms. The van der Waals surface area contributed by atoms with Gasteiger partial charge in [0.15, 0.2) is 0 Å². The average molecular weight is 284 g/mol. The Morgan fingerprint density at radius 1 is 1.47 bits per heavy atom. The number of carbonyl (C=O) groups is 3. The van der Waals surface area contributed by atoms with Crippen LogP contribution in [0.2, 0.25) is 0 Å². The van der Waals surface area contributed by atoms with Crippen LogP contribution < -0.4 is 11.1 Å². The van der Waals surface area contributed by atoms with E-state index >= 15 is 0 Å². The molecular formula is C12H16N2O4S. The van der Waals surface area contributed by atoms with Crippen molar-refractivity contribution in [1.29, 1.82) is 0 Å². The average Bonchev–Trinajstić information content (AvgIpc) is 2.81. The number of nitrogens with one attached hydrogen (secondary N) is 1. The van der Waals surface area contributed by atoms with E-state index in [-0.39, 0.29) is 12.8 Å². The van der Waals surface area contributed by atoms with E-state index in [0.717, 1.165) is 5.56 Å². The minimum atomic E-state index is -1.18. The molecular weight excluding hydrogens is 268 g/mol. The Morgan fingerprint density at radius 3 is 2.68 bits per heavy atom. The van der Waals surface area contributed by atoms with Crippen molar-refractivity contribution in [1.82, 2.24) is 5.32 Å². The van der Waals surface area contributed by atoms with Crippen molar-refractivity contribution < 1.29 is 19.5 Å². The summed E-state index contributed by atoms with van der Waals surface area (Å²) in [5.74, 6) is -2.20. The molecule has 0 aromatic carbocycles. The topological polar surface area (TPSA) is 109 Å². The number of carboxylic acid groups (broad SMARTS) is 1. The quantitative estimate of drug-likeness (QED) is 0.686. The van der Waals surface area contributed by atoms with Crippen LogP contribution in [0.3, 0.4) is 0 Å². The van der Waals surface area contributed by atoms with Crippen molar-refractivity contribution in [2.75, 3.05) is 0 Å². The van der Waals surface area contributed by atoms with Gasteiger partial charge < -0.3 is 16.2 Å². The number of rotatable bonds is 7. The van der Waals surface area contributed by atoms with Gasteiger partial charge in [-0.25, -0.2) is 4.79 Å². The van der Waals surface area contributed by atoms with Crippen LogP contribution >= 0.6 is 11.3 Å². The van der Waals surface area contributed by atoms with Crippen molar-refractivity contribution in [2.45, 2.75) is 32.2 Å². The van der Waals surface area contributed by atoms with Crippen molar-refractivity contribution >= 4 is 29.1 Å². The molecule has 1 aromatic rings. The minimum Gasteiger partial charge on any atom is -0.480 e. The molecule has 0 aliphatic heterocycles. The summed E-state index contributed by atoms with van der Waals surface area (Å²) < 4.78 is 0. The first-order valence-corrected chi connectivity index (χ1v) is 6.72. The van der Waals surface area contributed by atoms with Gasteiger partial charge in [0.25, 0.3) is 5.91 Å². The fourth-order valence-electron chi connectivity index (χ4n) is 1.58. The maximum absolute atomic E-state index is 12.0. The third kappa shape index (κ3) is 4.36. The normalized spacial score (nSPS) is 11.8. The van der Waals surface area contributed by atoms with Crippen molar-refractivity contribution in [3.8, 4) is 0 Å². The number of amides is 2. The molecule has 1 atom stereocenters. The molecule has 4 N–H and O–H groups in total. The smallest absolute Gasteiger partial charge is 0.326 e. The van der Waals surface area contributed by atoms with Crippen LogP contribution in [-0.2, 0) is 16.0 Å². The molecule has 0 unspecified atom stereocenters. The highest BCUT2D eigenvalue weighted by Gasteiger charge is 2.22. The van der Waals surface area contributed by atoms with Gasteiger partial charge in [-0.1, -0.05) is 6.92 Å². The summed E-state index contributed by atoms with van der Waals surface area (Å²) >= 11 is 1.26. The molecule has 6 nitrogen and oxygen atoms in total. The van der Waals surface area contributed by atoms with E-state index in [4.69, 9.17) is 10.8 Å². The number of aliphatic carboxylic acids is 1. The summed E-state index contributed by atoms with van der Waals surface area (Å²) in [7, 11) is 0. The fraction of sp³-hybridized carbons (Fsp3) is 0.417. The predicted octanol–water partition coefficient (Wildman–Crippen LogP) is 0.759. The van der Waals surface area contributed by atoms with Gasteiger partial charge in [-0.05, 0) is 29.9 Å². The Bertz CT molecular complexity index is 484. The van der Waals surface area contributed by atoms with Gasteiger partial charge >= 0.3 is 5.97 Å². The van der Waals surface area contributed by atoms with E-state index < -0.39 is 23.8 Å². The number of carbonyl (C=O) groups excluding carboxylic acids is 2. The van der Waals surface area contributed by atoms with Gasteiger partial charge in [-0.2, -0.15) is 0 Å². The van der Waals surface area contributed by atoms with Crippen LogP contribution in [0.1, 0.15) is 35.0 Å². The molecule has 0 fully saturated rings. The van der Waals surface area contributed by atoms with Gasteiger partial charge in [-0.3, -0.25) is 9.59 Å². The van der Waals surface area contributed by atoms with Crippen LogP contribution in [0.4, 0.5) is 0 Å². The molecule has 1 rings (SSSR count). The third-order valence-electron chi connectivity index (χ3n) is 2.62. The molecule has 0 bridgehead atoms. The molecule has 0 saturated heterocycles. The number of aryl methyl sites for hydroxylation is 1. The van der Waals surface area contributed by atoms with Crippen LogP contribution in [0.5, 0.6) is 0 Å². The second-order valence-corrected chi connectivity index (χ2v) is 4.91. The van der Waals surface area contributed by atoms with Crippen LogP contribution in [0.15, 0.2) is 11.4 Å². The number of thiophene rings is 1. The fourth-order valence-corrected chi connectivity index (χ4v) is 2.48. The maximum atomic E-state index is 12.0. The van der Waals surface area contributed by atoms with Gasteiger partial charge in [-0.15, -0.1) is 11.3 Å². The Morgan fingerprint density at radius 2 is 2.16 bits per heavy atom. The molecule has 0 aliphatic carbocycles. The Kier molecular flexibility index (Phi) is 5.50. The molecule has 0 spiro atoms. The molecule has 0 radical (unpaired) electrons. The van der Waals surface area contributed by atoms with E-state index in [1.165, 1.54) is 11.3 Å². The number of hydrogen-bond acceptors (Lipinski definition) is 4. The molecule has 0 aliphatic rings. The third-order valence-corrected chi connectivity index (χ3v) is 3.57. The summed E-state index contributed by atoms with van der Waals surface area (Å²) in [5.41, 5.74) is 5.85. The minimum absolute atomic E-state index is 0.0107. The van der Waals surface area contributed by atoms with Gasteiger partial charge in [0.1, 0.15) is 6.04 Å². The molecule has 0 saturated carbocycles. The van der Waals surface area contributed by atoms with E-state index in [2.05, 4.69) is 5.32 Å². The monoisotopic (exact) mass is 284 g/mol. The zero-order valence-electron chi connectivity index (χ0n) is 10.5. The summed E-state index contributed by atoms with van der Waals surface area (Å²) in [4.78, 5) is 34.1. The Hall–Kier alpha value is -1.89. The Labute approximate surface area is 114 Å². The molecule has 19 heavy (non-hydrogen) atoms. The number of nitrogens with two attached hydrogens (primary N) is 1. The van der Waals surface area contributed by atoms with Crippen molar-refractivity contribution in [3.05, 3.63) is 21.9 Å². The lowest BCUT2D eigenvalue weighted by Crippen LogP contribution is -2.41. The summed E-state index contributed by atoms with van der Waals surface area (Å²) in [6.07, 6.45) is 0.608. The lowest BCUT2D eigenvalue weighted by atomic mass is 10.1. The van der Waals surface area contributed by atoms with Crippen molar-refractivity contribution in [3.63, 3.8) is 0 Å². The predicted molar refractivity (Wildman–Crippen MR) is 71.0 cm³/mol. The largest absolute Gasteiger partial charge is 0.480 e. The van der Waals surface area contributed by atoms with Crippen LogP contribution in [0, 0.1) is 0 Å². The highest BCUT2D eigenvalue weighted by molar-refractivity contribution is 7.12. The van der Waals surface area contributed by atoms with Crippen LogP contribution in [-0.4, -0.2) is 28.9 Å². The van der Waals surface area contributed by atoms with E-state index in [1.54, 1.807) is 5.38 Å². The molecule has 2 amide bonds. The van der Waals surface area contributed by atoms with E-state index in [9.17, 15) is 14.4 Å². The zero-order valence-corrected chi connectivity index (χ0v) is 11.3. The molecule has 104 valence electrons. The number of hydrogen-bond donors (Lipinski definition) is 3. The molecule has 1 aromatic heterocycles. The van der Waals surface area contributed by atoms with E-state index in [1.807, 2.05) is 13.0 Å². The second kappa shape index (κ2) is 6.89. The lowest BCUT2D eigenvalue weighted by molar-refractivity contribution is -0.139. The summed E-state index contributed by atoms with van der Waals surface area (Å²) in [6, 6.07) is 0.727. The SMILES string of the molecule is CCc1ccsc1C(=O)N[C@@H](CCC(N)=O)C(=O)O. The van der Waals surface area contributed by atoms with Crippen LogP contribution in [0.25, 0.3) is 0 Å². The highest BCUT2D eigenvalue weighted by Crippen LogP contribution is 2.17. The highest BCUT2D eigenvalue weighted by atomic mass is 32.1. The van der Waals surface area contributed by atoms with Gasteiger partial charge in [0.2, 0.25) is 5.91 Å². The zero-order chi connectivity index (χ0) is 14.4. The first-order valence-electron chi connectivity index (χ1n) is 5.84. The van der Waals surface area contributed by atoms with Crippen molar-refractivity contribution in [2.24, 2.45) is 5.73 Å². The lowest BCUT2D eigenvalue weighted by Gasteiger charge is -2.13. The summed E-state index contributed by atoms with van der Waals surface area (Å²) in [5, 5.41) is 13.2. The Balaban J connectivity index is 2.71. The molecule has 1 heterocycles. The second-order valence-electron chi connectivity index (χ2n) is 4.00. The number of carboxylic acids is 1. The van der Waals surface area contributed by atoms with Gasteiger partial charge in [0.05, 0.1) is 4.88 Å². The summed E-state index contributed by atoms with van der Waals surface area (Å²) in [6.45, 7) is 1.92. The first-order chi connectivity index (χ1) is 8.95. The number of primary amides is 1. The van der Waals surface area contributed by atoms with Gasteiger partial charge in [0, 0.05) is 6.42 Å².